The Morgan fingerprint density at radius 1 is 0.766 bits per heavy atom. The van der Waals surface area contributed by atoms with Gasteiger partial charge in [-0.05, 0) is 84.0 Å². The molecular weight excluding hydrogens is 836 g/mol. The second-order valence-electron chi connectivity index (χ2n) is 21.0. The van der Waals surface area contributed by atoms with Crippen LogP contribution in [-0.2, 0) is 52.2 Å². The van der Waals surface area contributed by atoms with Gasteiger partial charge in [0.2, 0.25) is 0 Å². The van der Waals surface area contributed by atoms with Crippen LogP contribution >= 0.6 is 0 Å². The summed E-state index contributed by atoms with van der Waals surface area (Å²) in [6.07, 6.45) is -6.31. The van der Waals surface area contributed by atoms with Crippen LogP contribution in [0.3, 0.4) is 0 Å². The Morgan fingerprint density at radius 2 is 1.38 bits per heavy atom. The third-order valence-corrected chi connectivity index (χ3v) is 17.0. The second-order valence-corrected chi connectivity index (χ2v) is 21.0. The van der Waals surface area contributed by atoms with Crippen LogP contribution in [-0.4, -0.2) is 173 Å². The minimum absolute atomic E-state index is 0.0415. The number of aliphatic hydroxyl groups is 6. The zero-order chi connectivity index (χ0) is 46.9. The summed E-state index contributed by atoms with van der Waals surface area (Å²) in [7, 11) is 4.62. The van der Waals surface area contributed by atoms with Gasteiger partial charge in [-0.3, -0.25) is 4.79 Å². The average molecular weight is 915 g/mol. The van der Waals surface area contributed by atoms with Crippen molar-refractivity contribution in [3.8, 4) is 0 Å². The number of carbonyl (C=O) groups excluding carboxylic acids is 1. The molecule has 0 aromatic rings. The summed E-state index contributed by atoms with van der Waals surface area (Å²) in [6.45, 7) is 14.6. The van der Waals surface area contributed by atoms with Crippen molar-refractivity contribution in [1.82, 2.24) is 0 Å². The Hall–Kier alpha value is -1.39. The van der Waals surface area contributed by atoms with E-state index in [9.17, 15) is 35.4 Å². The van der Waals surface area contributed by atoms with Gasteiger partial charge in [0, 0.05) is 46.5 Å². The number of carbonyl (C=O) groups is 1. The van der Waals surface area contributed by atoms with E-state index in [1.54, 1.807) is 35.0 Å². The van der Waals surface area contributed by atoms with Crippen LogP contribution in [0, 0.1) is 22.7 Å². The maximum absolute atomic E-state index is 12.8. The number of methoxy groups -OCH3 is 3. The van der Waals surface area contributed by atoms with E-state index in [0.717, 1.165) is 5.57 Å². The SMILES string of the molecule is CO[C@@H]1[C@@H](O)[C@H](O[C@H]2[C@@H](OC)C[C@H](O[C@H]3[C@@H](OC)C[C@H](O[C@H]4CC[C@@]5(C)C(=CC[C@]6(O)[C@@H]5C[C@@H](O)[C@@]5(C)[C@]6(O)CC[C@@]5(O)[C@H](C)OC(=O)CC(C)C)C4)O[C@@H]3C)O[C@@H]2C)O[C@H](C)[C@H]1O. The molecule has 6 fully saturated rings. The van der Waals surface area contributed by atoms with Crippen LogP contribution in [0.15, 0.2) is 11.6 Å². The van der Waals surface area contributed by atoms with Crippen LogP contribution in [0.4, 0.5) is 0 Å². The molecule has 3 saturated heterocycles. The topological polar surface area (TPSA) is 231 Å². The largest absolute Gasteiger partial charge is 0.460 e. The van der Waals surface area contributed by atoms with E-state index in [2.05, 4.69) is 6.92 Å². The molecular formula is C47H78O17. The molecule has 4 aliphatic carbocycles. The fraction of sp³-hybridized carbons (Fsp3) is 0.936. The van der Waals surface area contributed by atoms with Crippen molar-refractivity contribution in [1.29, 1.82) is 0 Å². The Labute approximate surface area is 378 Å². The molecule has 7 rings (SSSR count). The highest BCUT2D eigenvalue weighted by molar-refractivity contribution is 5.70. The number of fused-ring (bicyclic) bond motifs is 5. The van der Waals surface area contributed by atoms with Gasteiger partial charge in [0.15, 0.2) is 18.9 Å². The predicted octanol–water partition coefficient (Wildman–Crippen LogP) is 2.80. The van der Waals surface area contributed by atoms with Crippen LogP contribution in [0.25, 0.3) is 0 Å². The summed E-state index contributed by atoms with van der Waals surface area (Å²) < 4.78 is 61.0. The molecule has 22 atom stereocenters. The summed E-state index contributed by atoms with van der Waals surface area (Å²) in [5.74, 6) is -0.895. The van der Waals surface area contributed by atoms with Crippen molar-refractivity contribution in [3.05, 3.63) is 11.6 Å². The number of esters is 1. The molecule has 3 aliphatic heterocycles. The lowest BCUT2D eigenvalue weighted by Crippen LogP contribution is -2.78. The van der Waals surface area contributed by atoms with Crippen LogP contribution in [0.2, 0.25) is 0 Å². The molecule has 3 saturated carbocycles. The molecule has 0 aromatic carbocycles. The first kappa shape index (κ1) is 50.5. The number of ether oxygens (including phenoxy) is 10. The zero-order valence-electron chi connectivity index (χ0n) is 39.7. The highest BCUT2D eigenvalue weighted by atomic mass is 16.8. The Kier molecular flexibility index (Phi) is 14.9. The van der Waals surface area contributed by atoms with Crippen LogP contribution in [0.1, 0.15) is 120 Å². The molecule has 0 spiro atoms. The van der Waals surface area contributed by atoms with E-state index in [-0.39, 0.29) is 44.1 Å². The first-order valence-corrected chi connectivity index (χ1v) is 23.6. The van der Waals surface area contributed by atoms with Crippen LogP contribution < -0.4 is 0 Å². The summed E-state index contributed by atoms with van der Waals surface area (Å²) in [4.78, 5) is 12.7. The lowest BCUT2D eigenvalue weighted by molar-refractivity contribution is -0.352. The molecule has 0 aromatic heterocycles. The fourth-order valence-corrected chi connectivity index (χ4v) is 13.1. The average Bonchev–Trinajstić information content (AvgIpc) is 3.47. The normalized spacial score (nSPS) is 51.1. The monoisotopic (exact) mass is 915 g/mol. The lowest BCUT2D eigenvalue weighted by Gasteiger charge is -2.67. The third kappa shape index (κ3) is 8.35. The van der Waals surface area contributed by atoms with E-state index in [4.69, 9.17) is 47.4 Å². The van der Waals surface area contributed by atoms with Gasteiger partial charge in [-0.25, -0.2) is 0 Å². The van der Waals surface area contributed by atoms with E-state index >= 15 is 0 Å². The predicted molar refractivity (Wildman–Crippen MR) is 227 cm³/mol. The minimum atomic E-state index is -1.86. The van der Waals surface area contributed by atoms with E-state index < -0.39 is 132 Å². The summed E-state index contributed by atoms with van der Waals surface area (Å²) in [6, 6.07) is 0. The first-order chi connectivity index (χ1) is 30.0. The molecule has 64 heavy (non-hydrogen) atoms. The highest BCUT2D eigenvalue weighted by Gasteiger charge is 2.80. The van der Waals surface area contributed by atoms with Gasteiger partial charge >= 0.3 is 5.97 Å². The van der Waals surface area contributed by atoms with Crippen molar-refractivity contribution < 1.29 is 82.8 Å². The van der Waals surface area contributed by atoms with E-state index in [1.807, 2.05) is 33.8 Å². The van der Waals surface area contributed by atoms with Crippen molar-refractivity contribution in [3.63, 3.8) is 0 Å². The van der Waals surface area contributed by atoms with Gasteiger partial charge in [0.25, 0.3) is 0 Å². The quantitative estimate of drug-likeness (QED) is 0.115. The minimum Gasteiger partial charge on any atom is -0.460 e. The molecule has 7 aliphatic rings. The number of hydrogen-bond donors (Lipinski definition) is 6. The van der Waals surface area contributed by atoms with Crippen molar-refractivity contribution in [2.75, 3.05) is 21.3 Å². The summed E-state index contributed by atoms with van der Waals surface area (Å²) in [5, 5.41) is 71.2. The third-order valence-electron chi connectivity index (χ3n) is 17.0. The lowest BCUT2D eigenvalue weighted by atomic mass is 9.42. The molecule has 0 unspecified atom stereocenters. The molecule has 0 radical (unpaired) electrons. The zero-order valence-corrected chi connectivity index (χ0v) is 39.7. The van der Waals surface area contributed by atoms with E-state index in [0.29, 0.717) is 32.1 Å². The first-order valence-electron chi connectivity index (χ1n) is 23.6. The number of aliphatic hydroxyl groups excluding tert-OH is 3. The number of rotatable bonds is 13. The van der Waals surface area contributed by atoms with Gasteiger partial charge in [-0.2, -0.15) is 0 Å². The fourth-order valence-electron chi connectivity index (χ4n) is 13.1. The second kappa shape index (κ2) is 18.8. The molecule has 0 bridgehead atoms. The summed E-state index contributed by atoms with van der Waals surface area (Å²) in [5.41, 5.74) is -6.31. The standard InChI is InChI=1S/C47H78O17/c1-23(2)18-34(49)61-27(6)45(52)16-17-47(54)44(45,8)33(48)22-32-43(7)14-13-29(19-28(43)12-15-46(32,47)53)62-35-20-30(55-9)39(25(4)58-35)63-36-21-31(56-10)40(26(5)59-36)64-42-38(51)41(57-11)37(50)24(3)60-42/h12,23-27,29-33,35-42,48,50-54H,13-22H2,1-11H3/t24-,25-,26-,27+,29+,30+,31+,32-,33-,35+,36+,37-,38-,39-,40-,41+,42+,43+,44-,45-,46+,47-/m1/s1. The van der Waals surface area contributed by atoms with Crippen molar-refractivity contribution in [2.24, 2.45) is 22.7 Å². The Bertz CT molecular complexity index is 1670. The summed E-state index contributed by atoms with van der Waals surface area (Å²) >= 11 is 0. The van der Waals surface area contributed by atoms with Crippen molar-refractivity contribution >= 4 is 5.97 Å². The highest BCUT2D eigenvalue weighted by Crippen LogP contribution is 2.71. The Balaban J connectivity index is 0.972. The molecule has 368 valence electrons. The molecule has 6 N–H and O–H groups in total. The number of hydrogen-bond acceptors (Lipinski definition) is 17. The van der Waals surface area contributed by atoms with Crippen molar-refractivity contribution in [2.45, 2.75) is 235 Å². The Morgan fingerprint density at radius 3 is 1.97 bits per heavy atom. The van der Waals surface area contributed by atoms with Gasteiger partial charge < -0.3 is 78.0 Å². The smallest absolute Gasteiger partial charge is 0.306 e. The van der Waals surface area contributed by atoms with Gasteiger partial charge in [0.05, 0.1) is 48.1 Å². The van der Waals surface area contributed by atoms with E-state index in [1.165, 1.54) is 7.11 Å². The maximum atomic E-state index is 12.8. The molecule has 17 heteroatoms. The molecule has 0 amide bonds. The molecule has 3 heterocycles. The van der Waals surface area contributed by atoms with Gasteiger partial charge in [-0.15, -0.1) is 0 Å². The van der Waals surface area contributed by atoms with Gasteiger partial charge in [0.1, 0.15) is 53.4 Å². The van der Waals surface area contributed by atoms with Crippen LogP contribution in [0.5, 0.6) is 0 Å². The molecule has 17 nitrogen and oxygen atoms in total. The van der Waals surface area contributed by atoms with Gasteiger partial charge in [-0.1, -0.05) is 39.3 Å². The maximum Gasteiger partial charge on any atom is 0.306 e.